The number of rotatable bonds is 2. The lowest BCUT2D eigenvalue weighted by molar-refractivity contribution is 0.613. The molecule has 6 heteroatoms. The second-order valence-electron chi connectivity index (χ2n) is 5.29. The molecule has 3 aromatic rings. The Bertz CT molecular complexity index is 948. The monoisotopic (exact) mass is 296 g/mol. The van der Waals surface area contributed by atoms with Gasteiger partial charge in [0, 0.05) is 24.5 Å². The Kier molecular flexibility index (Phi) is 3.36. The summed E-state index contributed by atoms with van der Waals surface area (Å²) >= 11 is 0. The number of hydrogen-bond donors (Lipinski definition) is 0. The van der Waals surface area contributed by atoms with Crippen molar-refractivity contribution in [3.63, 3.8) is 0 Å². The van der Waals surface area contributed by atoms with E-state index in [1.54, 1.807) is 39.2 Å². The van der Waals surface area contributed by atoms with Gasteiger partial charge in [-0.2, -0.15) is 0 Å². The number of nitrogens with zero attached hydrogens (tertiary/aromatic N) is 4. The normalized spacial score (nSPS) is 11.0. The lowest BCUT2D eigenvalue weighted by Gasteiger charge is -2.12. The first-order chi connectivity index (χ1) is 10.5. The quantitative estimate of drug-likeness (QED) is 0.711. The van der Waals surface area contributed by atoms with E-state index in [1.165, 1.54) is 9.13 Å². The Labute approximate surface area is 126 Å². The van der Waals surface area contributed by atoms with E-state index in [9.17, 15) is 9.59 Å². The predicted octanol–water partition coefficient (Wildman–Crippen LogP) is 1.16. The van der Waals surface area contributed by atoms with Crippen LogP contribution >= 0.6 is 0 Å². The van der Waals surface area contributed by atoms with Crippen LogP contribution in [-0.2, 0) is 13.6 Å². The van der Waals surface area contributed by atoms with Crippen LogP contribution in [0.25, 0.3) is 11.0 Å². The van der Waals surface area contributed by atoms with Gasteiger partial charge in [-0.3, -0.25) is 14.3 Å². The molecule has 0 spiro atoms. The average Bonchev–Trinajstić information content (AvgIpc) is 2.55. The fourth-order valence-corrected chi connectivity index (χ4v) is 2.41. The van der Waals surface area contributed by atoms with Crippen LogP contribution in [0.4, 0.5) is 0 Å². The van der Waals surface area contributed by atoms with E-state index in [0.717, 1.165) is 11.0 Å². The Balaban J connectivity index is 2.13. The van der Waals surface area contributed by atoms with Gasteiger partial charge in [0.2, 0.25) is 0 Å². The van der Waals surface area contributed by atoms with Crippen LogP contribution in [0.5, 0.6) is 0 Å². The molecule has 0 aromatic carbocycles. The van der Waals surface area contributed by atoms with E-state index < -0.39 is 0 Å². The third kappa shape index (κ3) is 2.22. The molecule has 0 atom stereocenters. The molecule has 0 radical (unpaired) electrons. The molecule has 0 aliphatic carbocycles. The summed E-state index contributed by atoms with van der Waals surface area (Å²) in [7, 11) is 1.67. The highest BCUT2D eigenvalue weighted by Gasteiger charge is 2.12. The van der Waals surface area contributed by atoms with Crippen LogP contribution in [0.1, 0.15) is 17.0 Å². The molecule has 0 amide bonds. The minimum absolute atomic E-state index is 0.150. The number of hydrogen-bond acceptors (Lipinski definition) is 4. The average molecular weight is 296 g/mol. The SMILES string of the molecule is Cc1c(C)n(C)c(=O)n(Cc2ccc3ncccc3n2)c1=O. The summed E-state index contributed by atoms with van der Waals surface area (Å²) in [5, 5.41) is 0. The van der Waals surface area contributed by atoms with Gasteiger partial charge in [0.15, 0.2) is 0 Å². The molecule has 0 aliphatic rings. The van der Waals surface area contributed by atoms with Gasteiger partial charge in [0.05, 0.1) is 23.3 Å². The van der Waals surface area contributed by atoms with Gasteiger partial charge < -0.3 is 4.57 Å². The summed E-state index contributed by atoms with van der Waals surface area (Å²) in [5.41, 5.74) is 2.84. The van der Waals surface area contributed by atoms with Gasteiger partial charge in [-0.25, -0.2) is 9.78 Å². The van der Waals surface area contributed by atoms with Crippen molar-refractivity contribution >= 4 is 11.0 Å². The second kappa shape index (κ2) is 5.22. The maximum Gasteiger partial charge on any atom is 0.331 e. The Morgan fingerprint density at radius 1 is 1.09 bits per heavy atom. The van der Waals surface area contributed by atoms with Crippen molar-refractivity contribution in [2.75, 3.05) is 0 Å². The zero-order chi connectivity index (χ0) is 15.9. The molecule has 0 unspecified atom stereocenters. The van der Waals surface area contributed by atoms with Gasteiger partial charge >= 0.3 is 5.69 Å². The molecule has 0 bridgehead atoms. The summed E-state index contributed by atoms with van der Waals surface area (Å²) < 4.78 is 2.70. The minimum atomic E-state index is -0.332. The second-order valence-corrected chi connectivity index (χ2v) is 5.29. The molecular formula is C16H16N4O2. The lowest BCUT2D eigenvalue weighted by Crippen LogP contribution is -2.41. The van der Waals surface area contributed by atoms with Crippen LogP contribution in [0.3, 0.4) is 0 Å². The van der Waals surface area contributed by atoms with E-state index in [2.05, 4.69) is 9.97 Å². The molecule has 3 rings (SSSR count). The van der Waals surface area contributed by atoms with Crippen molar-refractivity contribution in [2.24, 2.45) is 7.05 Å². The summed E-state index contributed by atoms with van der Waals surface area (Å²) in [4.78, 5) is 33.3. The molecule has 0 N–H and O–H groups in total. The molecule has 0 saturated heterocycles. The van der Waals surface area contributed by atoms with Gasteiger partial charge in [0.25, 0.3) is 5.56 Å². The Morgan fingerprint density at radius 2 is 1.86 bits per heavy atom. The summed E-state index contributed by atoms with van der Waals surface area (Å²) in [6.07, 6.45) is 1.70. The van der Waals surface area contributed by atoms with Crippen LogP contribution in [0.15, 0.2) is 40.1 Å². The predicted molar refractivity (Wildman–Crippen MR) is 84.1 cm³/mol. The van der Waals surface area contributed by atoms with Crippen LogP contribution < -0.4 is 11.2 Å². The molecule has 0 saturated carbocycles. The number of aromatic nitrogens is 4. The largest absolute Gasteiger partial charge is 0.331 e. The first-order valence-electron chi connectivity index (χ1n) is 6.96. The van der Waals surface area contributed by atoms with Gasteiger partial charge in [-0.1, -0.05) is 0 Å². The van der Waals surface area contributed by atoms with Crippen molar-refractivity contribution in [2.45, 2.75) is 20.4 Å². The maximum absolute atomic E-state index is 12.3. The highest BCUT2D eigenvalue weighted by molar-refractivity contribution is 5.73. The zero-order valence-electron chi connectivity index (χ0n) is 12.7. The van der Waals surface area contributed by atoms with Crippen molar-refractivity contribution in [3.05, 3.63) is 68.3 Å². The third-order valence-corrected chi connectivity index (χ3v) is 3.96. The molecule has 0 fully saturated rings. The summed E-state index contributed by atoms with van der Waals surface area (Å²) in [6.45, 7) is 3.64. The highest BCUT2D eigenvalue weighted by atomic mass is 16.2. The fraction of sp³-hybridized carbons (Fsp3) is 0.250. The van der Waals surface area contributed by atoms with Crippen LogP contribution in [0.2, 0.25) is 0 Å². The lowest BCUT2D eigenvalue weighted by atomic mass is 10.2. The standard InChI is InChI=1S/C16H16N4O2/c1-10-11(2)19(3)16(22)20(15(10)21)9-12-6-7-13-14(18-12)5-4-8-17-13/h4-8H,9H2,1-3H3. The van der Waals surface area contributed by atoms with Gasteiger partial charge in [0.1, 0.15) is 0 Å². The fourth-order valence-electron chi connectivity index (χ4n) is 2.41. The van der Waals surface area contributed by atoms with Crippen molar-refractivity contribution in [3.8, 4) is 0 Å². The van der Waals surface area contributed by atoms with Crippen molar-refractivity contribution < 1.29 is 0 Å². The Morgan fingerprint density at radius 3 is 2.64 bits per heavy atom. The van der Waals surface area contributed by atoms with Gasteiger partial charge in [-0.15, -0.1) is 0 Å². The molecule has 3 aromatic heterocycles. The maximum atomic E-state index is 12.3. The Hall–Kier alpha value is -2.76. The van der Waals surface area contributed by atoms with E-state index in [0.29, 0.717) is 17.0 Å². The molecular weight excluding hydrogens is 280 g/mol. The van der Waals surface area contributed by atoms with Gasteiger partial charge in [-0.05, 0) is 38.1 Å². The highest BCUT2D eigenvalue weighted by Crippen LogP contribution is 2.09. The smallest absolute Gasteiger partial charge is 0.301 e. The van der Waals surface area contributed by atoms with E-state index in [1.807, 2.05) is 12.1 Å². The summed E-state index contributed by atoms with van der Waals surface area (Å²) in [5.74, 6) is 0. The molecule has 6 nitrogen and oxygen atoms in total. The van der Waals surface area contributed by atoms with Crippen molar-refractivity contribution in [1.82, 2.24) is 19.1 Å². The summed E-state index contributed by atoms with van der Waals surface area (Å²) in [6, 6.07) is 7.29. The van der Waals surface area contributed by atoms with E-state index >= 15 is 0 Å². The topological polar surface area (TPSA) is 69.8 Å². The van der Waals surface area contributed by atoms with Crippen molar-refractivity contribution in [1.29, 1.82) is 0 Å². The molecule has 112 valence electrons. The van der Waals surface area contributed by atoms with Crippen LogP contribution in [-0.4, -0.2) is 19.1 Å². The van der Waals surface area contributed by atoms with E-state index in [4.69, 9.17) is 0 Å². The van der Waals surface area contributed by atoms with E-state index in [-0.39, 0.29) is 17.8 Å². The first kappa shape index (κ1) is 14.2. The minimum Gasteiger partial charge on any atom is -0.301 e. The molecule has 22 heavy (non-hydrogen) atoms. The first-order valence-corrected chi connectivity index (χ1v) is 6.96. The molecule has 3 heterocycles. The third-order valence-electron chi connectivity index (χ3n) is 3.96. The number of pyridine rings is 2. The number of fused-ring (bicyclic) bond motifs is 1. The zero-order valence-corrected chi connectivity index (χ0v) is 12.7. The van der Waals surface area contributed by atoms with Crippen LogP contribution in [0, 0.1) is 13.8 Å². The molecule has 0 aliphatic heterocycles.